The molecule has 0 spiro atoms. The Morgan fingerprint density at radius 1 is 1.43 bits per heavy atom. The Kier molecular flexibility index (Phi) is 5.11. The predicted octanol–water partition coefficient (Wildman–Crippen LogP) is -1.87. The molecule has 0 saturated carbocycles. The summed E-state index contributed by atoms with van der Waals surface area (Å²) in [7, 11) is 1.55. The molecular weight excluding hydrogens is 184 g/mol. The third-order valence-electron chi connectivity index (χ3n) is 1.92. The van der Waals surface area contributed by atoms with Gasteiger partial charge in [-0.1, -0.05) is 6.92 Å². The van der Waals surface area contributed by atoms with E-state index in [0.717, 1.165) is 0 Å². The minimum Gasteiger partial charge on any atom is -0.366 e. The molecule has 82 valence electrons. The first-order valence-corrected chi connectivity index (χ1v) is 4.46. The van der Waals surface area contributed by atoms with Crippen molar-refractivity contribution in [2.45, 2.75) is 19.5 Å². The van der Waals surface area contributed by atoms with E-state index in [1.54, 1.807) is 7.05 Å². The van der Waals surface area contributed by atoms with E-state index in [9.17, 15) is 9.59 Å². The molecule has 1 atom stereocenters. The zero-order valence-electron chi connectivity index (χ0n) is 8.81. The highest BCUT2D eigenvalue weighted by Crippen LogP contribution is 1.95. The van der Waals surface area contributed by atoms with Gasteiger partial charge in [-0.25, -0.2) is 0 Å². The number of nitrogens with two attached hydrogens (primary N) is 1. The molecule has 0 aromatic rings. The summed E-state index contributed by atoms with van der Waals surface area (Å²) in [5.41, 5.74) is 3.93. The Hall–Kier alpha value is -1.14. The Morgan fingerprint density at radius 2 is 2.00 bits per heavy atom. The van der Waals surface area contributed by atoms with E-state index in [0.29, 0.717) is 6.54 Å². The summed E-state index contributed by atoms with van der Waals surface area (Å²) in [6.07, 6.45) is 0. The second kappa shape index (κ2) is 5.56. The van der Waals surface area contributed by atoms with E-state index in [4.69, 9.17) is 5.73 Å². The van der Waals surface area contributed by atoms with Gasteiger partial charge in [-0.05, 0) is 20.5 Å². The van der Waals surface area contributed by atoms with E-state index >= 15 is 0 Å². The van der Waals surface area contributed by atoms with Crippen molar-refractivity contribution in [2.24, 2.45) is 5.73 Å². The van der Waals surface area contributed by atoms with Crippen LogP contribution >= 0.6 is 0 Å². The van der Waals surface area contributed by atoms with Crippen LogP contribution in [0.25, 0.3) is 0 Å². The molecule has 0 bridgehead atoms. The van der Waals surface area contributed by atoms with Gasteiger partial charge >= 0.3 is 0 Å². The number of likely N-dealkylation sites (N-methyl/N-ethyl adjacent to an activating group) is 2. The number of carbonyl (C=O) groups is 2. The average molecular weight is 202 g/mol. The second-order valence-corrected chi connectivity index (χ2v) is 3.07. The summed E-state index contributed by atoms with van der Waals surface area (Å²) in [6.45, 7) is 4.26. The molecule has 0 radical (unpaired) electrons. The number of primary amides is 1. The van der Waals surface area contributed by atoms with Crippen molar-refractivity contribution in [1.29, 1.82) is 0 Å². The summed E-state index contributed by atoms with van der Waals surface area (Å²) in [6, 6.07) is 0. The van der Waals surface area contributed by atoms with Gasteiger partial charge in [0.2, 0.25) is 5.91 Å². The molecule has 0 aliphatic carbocycles. The van der Waals surface area contributed by atoms with Crippen LogP contribution in [0.1, 0.15) is 13.8 Å². The highest BCUT2D eigenvalue weighted by atomic mass is 16.2. The highest BCUT2D eigenvalue weighted by Gasteiger charge is 2.30. The SMILES string of the molecule is CCNCC(=O)NC(C)(NC)C(N)=O. The fourth-order valence-electron chi connectivity index (χ4n) is 0.809. The third-order valence-corrected chi connectivity index (χ3v) is 1.92. The number of nitrogens with one attached hydrogen (secondary N) is 3. The van der Waals surface area contributed by atoms with Crippen LogP contribution < -0.4 is 21.7 Å². The molecule has 0 aliphatic rings. The maximum atomic E-state index is 11.3. The van der Waals surface area contributed by atoms with Crippen molar-refractivity contribution in [3.05, 3.63) is 0 Å². The zero-order chi connectivity index (χ0) is 11.2. The standard InChI is InChI=1S/C8H18N4O2/c1-4-11-5-6(13)12-8(2,10-3)7(9)14/h10-11H,4-5H2,1-3H3,(H2,9,14)(H,12,13). The molecule has 0 fully saturated rings. The summed E-state index contributed by atoms with van der Waals surface area (Å²) in [4.78, 5) is 22.2. The van der Waals surface area contributed by atoms with E-state index in [1.165, 1.54) is 6.92 Å². The average Bonchev–Trinajstić information content (AvgIpc) is 2.14. The van der Waals surface area contributed by atoms with Gasteiger partial charge in [0.1, 0.15) is 0 Å². The number of amides is 2. The molecule has 0 aromatic carbocycles. The number of hydrogen-bond acceptors (Lipinski definition) is 4. The Morgan fingerprint density at radius 3 is 2.36 bits per heavy atom. The summed E-state index contributed by atoms with van der Waals surface area (Å²) in [5, 5.41) is 7.98. The third kappa shape index (κ3) is 3.71. The van der Waals surface area contributed by atoms with Gasteiger partial charge in [-0.15, -0.1) is 0 Å². The summed E-state index contributed by atoms with van der Waals surface area (Å²) >= 11 is 0. The van der Waals surface area contributed by atoms with Crippen LogP contribution in [-0.4, -0.2) is 37.6 Å². The Bertz CT molecular complexity index is 219. The van der Waals surface area contributed by atoms with Gasteiger partial charge in [-0.2, -0.15) is 0 Å². The quantitative estimate of drug-likeness (QED) is 0.379. The normalized spacial score (nSPS) is 14.5. The lowest BCUT2D eigenvalue weighted by atomic mass is 10.2. The minimum absolute atomic E-state index is 0.168. The molecule has 0 aliphatic heterocycles. The van der Waals surface area contributed by atoms with Crippen LogP contribution in [0.2, 0.25) is 0 Å². The maximum absolute atomic E-state index is 11.3. The van der Waals surface area contributed by atoms with Crippen molar-refractivity contribution in [2.75, 3.05) is 20.1 Å². The number of hydrogen-bond donors (Lipinski definition) is 4. The minimum atomic E-state index is -1.19. The number of rotatable bonds is 6. The Balaban J connectivity index is 4.18. The predicted molar refractivity (Wildman–Crippen MR) is 53.3 cm³/mol. The molecule has 1 unspecified atom stereocenters. The van der Waals surface area contributed by atoms with Crippen molar-refractivity contribution in [3.8, 4) is 0 Å². The van der Waals surface area contributed by atoms with Gasteiger partial charge in [-0.3, -0.25) is 14.9 Å². The largest absolute Gasteiger partial charge is 0.366 e. The van der Waals surface area contributed by atoms with E-state index in [-0.39, 0.29) is 12.5 Å². The molecule has 6 nitrogen and oxygen atoms in total. The van der Waals surface area contributed by atoms with Crippen LogP contribution in [-0.2, 0) is 9.59 Å². The molecule has 2 amide bonds. The molecule has 5 N–H and O–H groups in total. The number of carbonyl (C=O) groups excluding carboxylic acids is 2. The van der Waals surface area contributed by atoms with E-state index in [1.807, 2.05) is 6.92 Å². The van der Waals surface area contributed by atoms with Crippen molar-refractivity contribution in [1.82, 2.24) is 16.0 Å². The highest BCUT2D eigenvalue weighted by molar-refractivity contribution is 5.90. The van der Waals surface area contributed by atoms with Crippen molar-refractivity contribution >= 4 is 11.8 Å². The topological polar surface area (TPSA) is 96.2 Å². The molecule has 0 heterocycles. The van der Waals surface area contributed by atoms with Gasteiger partial charge in [0.25, 0.3) is 5.91 Å². The smallest absolute Gasteiger partial charge is 0.257 e. The molecule has 0 aromatic heterocycles. The fraction of sp³-hybridized carbons (Fsp3) is 0.750. The van der Waals surface area contributed by atoms with Crippen molar-refractivity contribution in [3.63, 3.8) is 0 Å². The summed E-state index contributed by atoms with van der Waals surface area (Å²) < 4.78 is 0. The molecule has 0 saturated heterocycles. The van der Waals surface area contributed by atoms with E-state index in [2.05, 4.69) is 16.0 Å². The van der Waals surface area contributed by atoms with Gasteiger partial charge in [0.05, 0.1) is 6.54 Å². The first-order chi connectivity index (χ1) is 6.46. The fourth-order valence-corrected chi connectivity index (χ4v) is 0.809. The molecular formula is C8H18N4O2. The first kappa shape index (κ1) is 12.9. The zero-order valence-corrected chi connectivity index (χ0v) is 8.81. The van der Waals surface area contributed by atoms with Crippen LogP contribution in [0.5, 0.6) is 0 Å². The lowest BCUT2D eigenvalue weighted by Gasteiger charge is -2.26. The second-order valence-electron chi connectivity index (χ2n) is 3.07. The molecule has 14 heavy (non-hydrogen) atoms. The van der Waals surface area contributed by atoms with Gasteiger partial charge in [0.15, 0.2) is 5.66 Å². The van der Waals surface area contributed by atoms with Crippen LogP contribution in [0, 0.1) is 0 Å². The van der Waals surface area contributed by atoms with E-state index < -0.39 is 11.6 Å². The van der Waals surface area contributed by atoms with Crippen LogP contribution in [0.3, 0.4) is 0 Å². The van der Waals surface area contributed by atoms with Crippen molar-refractivity contribution < 1.29 is 9.59 Å². The molecule has 6 heteroatoms. The van der Waals surface area contributed by atoms with Crippen LogP contribution in [0.4, 0.5) is 0 Å². The van der Waals surface area contributed by atoms with Gasteiger partial charge < -0.3 is 16.4 Å². The van der Waals surface area contributed by atoms with Crippen LogP contribution in [0.15, 0.2) is 0 Å². The monoisotopic (exact) mass is 202 g/mol. The lowest BCUT2D eigenvalue weighted by molar-refractivity contribution is -0.131. The first-order valence-electron chi connectivity index (χ1n) is 4.46. The lowest BCUT2D eigenvalue weighted by Crippen LogP contribution is -2.64. The summed E-state index contributed by atoms with van der Waals surface area (Å²) in [5.74, 6) is -0.896. The maximum Gasteiger partial charge on any atom is 0.257 e. The molecule has 0 rings (SSSR count). The Labute approximate surface area is 83.6 Å². The van der Waals surface area contributed by atoms with Gasteiger partial charge in [0, 0.05) is 0 Å².